The van der Waals surface area contributed by atoms with E-state index in [1.165, 1.54) is 6.92 Å². The van der Waals surface area contributed by atoms with Gasteiger partial charge in [0.05, 0.1) is 29.8 Å². The van der Waals surface area contributed by atoms with Crippen LogP contribution in [0.25, 0.3) is 0 Å². The molecule has 0 bridgehead atoms. The minimum atomic E-state index is -0.696. The van der Waals surface area contributed by atoms with Gasteiger partial charge in [-0.25, -0.2) is 9.59 Å². The van der Waals surface area contributed by atoms with Crippen molar-refractivity contribution in [2.24, 2.45) is 5.29 Å². The SMILES string of the molecule is CCOC(=O)c1c(C)c(C(=O)OCC)n(N=O)c1C. The number of nitrogens with zero attached hydrogens (tertiary/aromatic N) is 2. The molecule has 0 radical (unpaired) electrons. The number of esters is 2. The van der Waals surface area contributed by atoms with E-state index in [-0.39, 0.29) is 30.2 Å². The molecule has 0 fully saturated rings. The number of hydrogen-bond acceptors (Lipinski definition) is 6. The molecule has 0 unspecified atom stereocenters. The van der Waals surface area contributed by atoms with Gasteiger partial charge in [0.2, 0.25) is 0 Å². The van der Waals surface area contributed by atoms with Crippen LogP contribution in [-0.4, -0.2) is 29.8 Å². The van der Waals surface area contributed by atoms with Crippen LogP contribution in [0.15, 0.2) is 5.29 Å². The summed E-state index contributed by atoms with van der Waals surface area (Å²) in [6.45, 7) is 6.75. The Balaban J connectivity index is 3.40. The highest BCUT2D eigenvalue weighted by atomic mass is 16.5. The van der Waals surface area contributed by atoms with Gasteiger partial charge in [0, 0.05) is 0 Å². The lowest BCUT2D eigenvalue weighted by Gasteiger charge is -2.03. The van der Waals surface area contributed by atoms with Crippen molar-refractivity contribution >= 4 is 11.9 Å². The van der Waals surface area contributed by atoms with Crippen molar-refractivity contribution in [3.05, 3.63) is 27.4 Å². The van der Waals surface area contributed by atoms with E-state index in [0.717, 1.165) is 4.68 Å². The van der Waals surface area contributed by atoms with Crippen molar-refractivity contribution in [1.29, 1.82) is 0 Å². The van der Waals surface area contributed by atoms with E-state index in [1.807, 2.05) is 0 Å². The Labute approximate surface area is 110 Å². The Kier molecular flexibility index (Phi) is 4.80. The summed E-state index contributed by atoms with van der Waals surface area (Å²) in [5.74, 6) is -1.29. The molecule has 0 saturated carbocycles. The summed E-state index contributed by atoms with van der Waals surface area (Å²) in [7, 11) is 0. The van der Waals surface area contributed by atoms with E-state index >= 15 is 0 Å². The lowest BCUT2D eigenvalue weighted by molar-refractivity contribution is 0.0512. The third kappa shape index (κ3) is 2.64. The molecule has 104 valence electrons. The van der Waals surface area contributed by atoms with Gasteiger partial charge in [-0.15, -0.1) is 4.91 Å². The summed E-state index contributed by atoms with van der Waals surface area (Å²) in [6, 6.07) is 0. The zero-order valence-electron chi connectivity index (χ0n) is 11.3. The molecular weight excluding hydrogens is 252 g/mol. The maximum Gasteiger partial charge on any atom is 0.357 e. The molecule has 1 aromatic rings. The van der Waals surface area contributed by atoms with Gasteiger partial charge in [0.25, 0.3) is 0 Å². The van der Waals surface area contributed by atoms with Gasteiger partial charge >= 0.3 is 11.9 Å². The summed E-state index contributed by atoms with van der Waals surface area (Å²) < 4.78 is 10.6. The maximum atomic E-state index is 11.8. The summed E-state index contributed by atoms with van der Waals surface area (Å²) in [6.07, 6.45) is 0. The van der Waals surface area contributed by atoms with Gasteiger partial charge in [0.1, 0.15) is 0 Å². The van der Waals surface area contributed by atoms with Crippen LogP contribution < -0.4 is 0 Å². The van der Waals surface area contributed by atoms with Gasteiger partial charge in [-0.1, -0.05) is 0 Å². The van der Waals surface area contributed by atoms with Gasteiger partial charge in [-0.2, -0.15) is 4.68 Å². The largest absolute Gasteiger partial charge is 0.462 e. The molecule has 0 aliphatic carbocycles. The molecule has 0 N–H and O–H groups in total. The predicted octanol–water partition coefficient (Wildman–Crippen LogP) is 1.99. The number of carbonyl (C=O) groups excluding carboxylic acids is 2. The number of rotatable bonds is 5. The van der Waals surface area contributed by atoms with Gasteiger partial charge in [-0.05, 0) is 33.3 Å². The number of aromatic nitrogens is 1. The van der Waals surface area contributed by atoms with Crippen molar-refractivity contribution < 1.29 is 19.1 Å². The fraction of sp³-hybridized carbons (Fsp3) is 0.500. The summed E-state index contributed by atoms with van der Waals surface area (Å²) in [4.78, 5) is 34.5. The van der Waals surface area contributed by atoms with Gasteiger partial charge in [0.15, 0.2) is 5.69 Å². The quantitative estimate of drug-likeness (QED) is 0.602. The Bertz CT molecular complexity index is 519. The zero-order valence-corrected chi connectivity index (χ0v) is 11.3. The number of ether oxygens (including phenoxy) is 2. The smallest absolute Gasteiger partial charge is 0.357 e. The first-order valence-corrected chi connectivity index (χ1v) is 5.89. The van der Waals surface area contributed by atoms with E-state index in [4.69, 9.17) is 9.47 Å². The first-order valence-electron chi connectivity index (χ1n) is 5.89. The van der Waals surface area contributed by atoms with Crippen LogP contribution in [0.1, 0.15) is 46.0 Å². The van der Waals surface area contributed by atoms with Crippen LogP contribution in [-0.2, 0) is 9.47 Å². The molecule has 0 spiro atoms. The standard InChI is InChI=1S/C12H16N2O5/c1-5-18-11(15)9-7(3)10(12(16)19-6-2)14(13-17)8(9)4/h5-6H2,1-4H3. The summed E-state index contributed by atoms with van der Waals surface area (Å²) in [5, 5.41) is 2.76. The topological polar surface area (TPSA) is 87.0 Å². The monoisotopic (exact) mass is 268 g/mol. The van der Waals surface area contributed by atoms with Crippen molar-refractivity contribution in [3.8, 4) is 0 Å². The van der Waals surface area contributed by atoms with Crippen molar-refractivity contribution in [2.45, 2.75) is 27.7 Å². The van der Waals surface area contributed by atoms with Gasteiger partial charge in [-0.3, -0.25) is 0 Å². The van der Waals surface area contributed by atoms with Crippen LogP contribution in [0.4, 0.5) is 0 Å². The van der Waals surface area contributed by atoms with Crippen LogP contribution in [0.5, 0.6) is 0 Å². The zero-order chi connectivity index (χ0) is 14.6. The fourth-order valence-electron chi connectivity index (χ4n) is 1.87. The average Bonchev–Trinajstić information content (AvgIpc) is 2.60. The predicted molar refractivity (Wildman–Crippen MR) is 67.0 cm³/mol. The lowest BCUT2D eigenvalue weighted by Crippen LogP contribution is -2.11. The molecule has 7 nitrogen and oxygen atoms in total. The molecule has 0 aromatic carbocycles. The molecule has 1 rings (SSSR count). The van der Waals surface area contributed by atoms with Crippen LogP contribution in [0.2, 0.25) is 0 Å². The molecule has 7 heteroatoms. The minimum absolute atomic E-state index is 0.0441. The second-order valence-electron chi connectivity index (χ2n) is 3.77. The number of hydrogen-bond donors (Lipinski definition) is 0. The number of carbonyl (C=O) groups is 2. The van der Waals surface area contributed by atoms with Crippen LogP contribution in [0, 0.1) is 18.8 Å². The normalized spacial score (nSPS) is 10.1. The molecule has 0 amide bonds. The Morgan fingerprint density at radius 2 is 1.63 bits per heavy atom. The van der Waals surface area contributed by atoms with Crippen LogP contribution >= 0.6 is 0 Å². The molecular formula is C12H16N2O5. The van der Waals surface area contributed by atoms with Crippen molar-refractivity contribution in [2.75, 3.05) is 13.2 Å². The van der Waals surface area contributed by atoms with E-state index in [0.29, 0.717) is 5.56 Å². The van der Waals surface area contributed by atoms with Crippen LogP contribution in [0.3, 0.4) is 0 Å². The third-order valence-electron chi connectivity index (χ3n) is 2.65. The molecule has 0 saturated heterocycles. The van der Waals surface area contributed by atoms with Crippen molar-refractivity contribution in [1.82, 2.24) is 4.68 Å². The molecule has 19 heavy (non-hydrogen) atoms. The van der Waals surface area contributed by atoms with E-state index in [1.54, 1.807) is 20.8 Å². The molecule has 0 aliphatic rings. The molecule has 1 heterocycles. The minimum Gasteiger partial charge on any atom is -0.462 e. The maximum absolute atomic E-state index is 11.8. The average molecular weight is 268 g/mol. The summed E-state index contributed by atoms with van der Waals surface area (Å²) >= 11 is 0. The first kappa shape index (κ1) is 14.9. The Morgan fingerprint density at radius 3 is 2.11 bits per heavy atom. The van der Waals surface area contributed by atoms with Crippen molar-refractivity contribution in [3.63, 3.8) is 0 Å². The first-order chi connectivity index (χ1) is 8.99. The van der Waals surface area contributed by atoms with E-state index < -0.39 is 11.9 Å². The highest BCUT2D eigenvalue weighted by molar-refractivity contribution is 5.98. The van der Waals surface area contributed by atoms with Gasteiger partial charge < -0.3 is 9.47 Å². The van der Waals surface area contributed by atoms with E-state index in [9.17, 15) is 14.5 Å². The highest BCUT2D eigenvalue weighted by Crippen LogP contribution is 2.24. The second kappa shape index (κ2) is 6.12. The molecule has 1 aromatic heterocycles. The molecule has 0 aliphatic heterocycles. The Morgan fingerprint density at radius 1 is 1.11 bits per heavy atom. The Hall–Kier alpha value is -2.18. The molecule has 0 atom stereocenters. The lowest BCUT2D eigenvalue weighted by atomic mass is 10.1. The third-order valence-corrected chi connectivity index (χ3v) is 2.65. The highest BCUT2D eigenvalue weighted by Gasteiger charge is 2.28. The van der Waals surface area contributed by atoms with E-state index in [2.05, 4.69) is 5.29 Å². The number of nitroso groups, excluding NO2 is 1. The second-order valence-corrected chi connectivity index (χ2v) is 3.77. The summed E-state index contributed by atoms with van der Waals surface area (Å²) in [5.41, 5.74) is 0.713. The fourth-order valence-corrected chi connectivity index (χ4v) is 1.87.